The second kappa shape index (κ2) is 11.2. The molecule has 194 valence electrons. The molecule has 0 radical (unpaired) electrons. The summed E-state index contributed by atoms with van der Waals surface area (Å²) in [5, 5.41) is 0. The van der Waals surface area contributed by atoms with E-state index >= 15 is 0 Å². The number of alkyl halides is 7. The predicted molar refractivity (Wildman–Crippen MR) is 115 cm³/mol. The topological polar surface area (TPSA) is 12.5 Å². The molecule has 2 aromatic rings. The Labute approximate surface area is 198 Å². The minimum absolute atomic E-state index is 0.0775. The quantitative estimate of drug-likeness (QED) is 0.345. The van der Waals surface area contributed by atoms with Crippen molar-refractivity contribution in [2.45, 2.75) is 63.2 Å². The Kier molecular flexibility index (Phi) is 8.80. The van der Waals surface area contributed by atoms with Crippen molar-refractivity contribution in [3.63, 3.8) is 0 Å². The molecule has 0 aliphatic carbocycles. The Morgan fingerprint density at radius 3 is 2.09 bits per heavy atom. The molecule has 3 atom stereocenters. The first kappa shape index (κ1) is 27.4. The molecule has 0 aromatic heterocycles. The lowest BCUT2D eigenvalue weighted by Crippen LogP contribution is -2.48. The average Bonchev–Trinajstić information content (AvgIpc) is 2.80. The molecule has 1 saturated heterocycles. The van der Waals surface area contributed by atoms with Gasteiger partial charge in [0.05, 0.1) is 23.8 Å². The zero-order chi connectivity index (χ0) is 25.8. The van der Waals surface area contributed by atoms with Crippen LogP contribution in [0.1, 0.15) is 54.4 Å². The molecule has 1 fully saturated rings. The summed E-state index contributed by atoms with van der Waals surface area (Å²) >= 11 is 0. The van der Waals surface area contributed by atoms with E-state index in [-0.39, 0.29) is 23.6 Å². The van der Waals surface area contributed by atoms with E-state index in [1.54, 1.807) is 12.1 Å². The Hall–Kier alpha value is -2.20. The van der Waals surface area contributed by atoms with Crippen molar-refractivity contribution in [2.75, 3.05) is 19.8 Å². The predicted octanol–water partition coefficient (Wildman–Crippen LogP) is 7.38. The van der Waals surface area contributed by atoms with Crippen LogP contribution in [-0.4, -0.2) is 36.8 Å². The van der Waals surface area contributed by atoms with Gasteiger partial charge >= 0.3 is 12.4 Å². The summed E-state index contributed by atoms with van der Waals surface area (Å²) in [4.78, 5) is 1.98. The summed E-state index contributed by atoms with van der Waals surface area (Å²) in [5.41, 5.74) is -2.35. The summed E-state index contributed by atoms with van der Waals surface area (Å²) in [6.07, 6.45) is -8.63. The third kappa shape index (κ3) is 7.16. The van der Waals surface area contributed by atoms with E-state index in [1.807, 2.05) is 11.8 Å². The Morgan fingerprint density at radius 2 is 1.57 bits per heavy atom. The van der Waals surface area contributed by atoms with Crippen molar-refractivity contribution in [1.82, 2.24) is 4.90 Å². The van der Waals surface area contributed by atoms with Gasteiger partial charge in [-0.3, -0.25) is 4.90 Å². The molecule has 35 heavy (non-hydrogen) atoms. The number of halogens is 8. The molecule has 3 rings (SSSR count). The average molecular weight is 509 g/mol. The van der Waals surface area contributed by atoms with E-state index in [0.29, 0.717) is 43.6 Å². The highest BCUT2D eigenvalue weighted by Gasteiger charge is 2.38. The van der Waals surface area contributed by atoms with Crippen molar-refractivity contribution in [3.8, 4) is 0 Å². The molecule has 1 aliphatic heterocycles. The van der Waals surface area contributed by atoms with Crippen molar-refractivity contribution < 1.29 is 39.9 Å². The van der Waals surface area contributed by atoms with Crippen LogP contribution in [0.25, 0.3) is 0 Å². The fraction of sp³-hybridized carbons (Fsp3) is 0.520. The van der Waals surface area contributed by atoms with E-state index in [0.717, 1.165) is 6.42 Å². The van der Waals surface area contributed by atoms with Gasteiger partial charge < -0.3 is 4.74 Å². The minimum atomic E-state index is -4.95. The minimum Gasteiger partial charge on any atom is -0.373 e. The fourth-order valence-electron chi connectivity index (χ4n) is 4.51. The molecule has 2 nitrogen and oxygen atoms in total. The van der Waals surface area contributed by atoms with Gasteiger partial charge in [0.1, 0.15) is 12.5 Å². The molecule has 0 amide bonds. The zero-order valence-electron chi connectivity index (χ0n) is 19.1. The molecule has 0 saturated carbocycles. The number of ether oxygens (including phenoxy) is 1. The lowest BCUT2D eigenvalue weighted by molar-refractivity contribution is -0.143. The van der Waals surface area contributed by atoms with E-state index in [1.165, 1.54) is 12.1 Å². The van der Waals surface area contributed by atoms with Gasteiger partial charge in [-0.15, -0.1) is 0 Å². The van der Waals surface area contributed by atoms with Gasteiger partial charge in [0.2, 0.25) is 0 Å². The van der Waals surface area contributed by atoms with E-state index in [4.69, 9.17) is 4.74 Å². The van der Waals surface area contributed by atoms with Gasteiger partial charge in [-0.25, -0.2) is 8.78 Å². The standard InChI is InChI=1S/C25H27F8NO/c1-2-3-21(13-26)34-9-8-23(22(14-34)17-4-6-20(27)7-5-17)35-15-16-10-18(24(28,29)30)12-19(11-16)25(31,32)33/h4-7,10-12,21-23H,2-3,8-9,13-15H2,1H3/t21?,22?,23-/m0/s1. The van der Waals surface area contributed by atoms with Crippen LogP contribution >= 0.6 is 0 Å². The van der Waals surface area contributed by atoms with Crippen LogP contribution in [0.5, 0.6) is 0 Å². The largest absolute Gasteiger partial charge is 0.416 e. The Bertz CT molecular complexity index is 925. The third-order valence-electron chi connectivity index (χ3n) is 6.31. The second-order valence-electron chi connectivity index (χ2n) is 8.80. The molecule has 0 bridgehead atoms. The maximum atomic E-state index is 13.6. The number of hydrogen-bond acceptors (Lipinski definition) is 2. The fourth-order valence-corrected chi connectivity index (χ4v) is 4.51. The molecule has 10 heteroatoms. The van der Waals surface area contributed by atoms with Crippen LogP contribution in [0.4, 0.5) is 35.1 Å². The van der Waals surface area contributed by atoms with E-state index in [9.17, 15) is 35.1 Å². The first-order chi connectivity index (χ1) is 16.4. The lowest BCUT2D eigenvalue weighted by Gasteiger charge is -2.41. The van der Waals surface area contributed by atoms with Crippen LogP contribution in [0.3, 0.4) is 0 Å². The molecule has 2 aromatic carbocycles. The molecule has 0 N–H and O–H groups in total. The van der Waals surface area contributed by atoms with E-state index < -0.39 is 48.7 Å². The molecule has 0 spiro atoms. The summed E-state index contributed by atoms with van der Waals surface area (Å²) in [6, 6.07) is 6.75. The zero-order valence-corrected chi connectivity index (χ0v) is 19.1. The van der Waals surface area contributed by atoms with Crippen molar-refractivity contribution in [3.05, 3.63) is 70.5 Å². The highest BCUT2D eigenvalue weighted by atomic mass is 19.4. The SMILES string of the molecule is CCCC(CF)N1CC[C@H](OCc2cc(C(F)(F)F)cc(C(F)(F)F)c2)C(c2ccc(F)cc2)C1. The first-order valence-corrected chi connectivity index (χ1v) is 11.4. The Balaban J connectivity index is 1.84. The van der Waals surface area contributed by atoms with Gasteiger partial charge in [0, 0.05) is 25.0 Å². The van der Waals surface area contributed by atoms with Gasteiger partial charge in [-0.1, -0.05) is 25.5 Å². The summed E-state index contributed by atoms with van der Waals surface area (Å²) in [6.45, 7) is 1.78. The Morgan fingerprint density at radius 1 is 0.971 bits per heavy atom. The van der Waals surface area contributed by atoms with Crippen molar-refractivity contribution >= 4 is 0 Å². The van der Waals surface area contributed by atoms with Crippen LogP contribution in [-0.2, 0) is 23.7 Å². The number of benzene rings is 2. The second-order valence-corrected chi connectivity index (χ2v) is 8.80. The molecule has 1 aliphatic rings. The summed E-state index contributed by atoms with van der Waals surface area (Å²) in [7, 11) is 0. The molecular weight excluding hydrogens is 482 g/mol. The number of likely N-dealkylation sites (tertiary alicyclic amines) is 1. The van der Waals surface area contributed by atoms with Crippen LogP contribution in [0.15, 0.2) is 42.5 Å². The summed E-state index contributed by atoms with van der Waals surface area (Å²) in [5.74, 6) is -0.807. The number of nitrogens with zero attached hydrogens (tertiary/aromatic N) is 1. The third-order valence-corrected chi connectivity index (χ3v) is 6.31. The monoisotopic (exact) mass is 509 g/mol. The van der Waals surface area contributed by atoms with Gasteiger partial charge in [0.15, 0.2) is 0 Å². The molecule has 2 unspecified atom stereocenters. The first-order valence-electron chi connectivity index (χ1n) is 11.4. The lowest BCUT2D eigenvalue weighted by atomic mass is 9.86. The number of rotatable bonds is 8. The number of hydrogen-bond donors (Lipinski definition) is 0. The maximum Gasteiger partial charge on any atom is 0.416 e. The van der Waals surface area contributed by atoms with Crippen LogP contribution in [0, 0.1) is 5.82 Å². The smallest absolute Gasteiger partial charge is 0.373 e. The van der Waals surface area contributed by atoms with Crippen LogP contribution in [0.2, 0.25) is 0 Å². The van der Waals surface area contributed by atoms with E-state index in [2.05, 4.69) is 0 Å². The van der Waals surface area contributed by atoms with Crippen LogP contribution < -0.4 is 0 Å². The highest BCUT2D eigenvalue weighted by Crippen LogP contribution is 2.37. The van der Waals surface area contributed by atoms with Crippen molar-refractivity contribution in [1.29, 1.82) is 0 Å². The number of piperidine rings is 1. The van der Waals surface area contributed by atoms with Gasteiger partial charge in [-0.2, -0.15) is 26.3 Å². The van der Waals surface area contributed by atoms with Crippen molar-refractivity contribution in [2.24, 2.45) is 0 Å². The molecule has 1 heterocycles. The maximum absolute atomic E-state index is 13.6. The highest BCUT2D eigenvalue weighted by molar-refractivity contribution is 5.33. The molecular formula is C25H27F8NO. The normalized spacial score (nSPS) is 20.7. The van der Waals surface area contributed by atoms with Gasteiger partial charge in [0.25, 0.3) is 0 Å². The summed E-state index contributed by atoms with van der Waals surface area (Å²) < 4.78 is 112. The van der Waals surface area contributed by atoms with Gasteiger partial charge in [-0.05, 0) is 54.3 Å².